The number of hydrogen-bond donors (Lipinski definition) is 0. The van der Waals surface area contributed by atoms with Gasteiger partial charge in [-0.15, -0.1) is 5.10 Å². The summed E-state index contributed by atoms with van der Waals surface area (Å²) >= 11 is 0. The van der Waals surface area contributed by atoms with Crippen LogP contribution in [-0.4, -0.2) is 20.8 Å². The van der Waals surface area contributed by atoms with Crippen LogP contribution in [-0.2, 0) is 0 Å². The van der Waals surface area contributed by atoms with E-state index in [2.05, 4.69) is 10.3 Å². The van der Waals surface area contributed by atoms with Crippen LogP contribution < -0.4 is 0 Å². The zero-order valence-corrected chi connectivity index (χ0v) is 8.64. The van der Waals surface area contributed by atoms with Gasteiger partial charge in [-0.05, 0) is 18.6 Å². The summed E-state index contributed by atoms with van der Waals surface area (Å²) in [5.74, 6) is -0.0387. The van der Waals surface area contributed by atoms with Gasteiger partial charge in [-0.3, -0.25) is 4.79 Å². The smallest absolute Gasteiger partial charge is 0.179 e. The molecule has 0 N–H and O–H groups in total. The molecule has 0 spiro atoms. The zero-order valence-electron chi connectivity index (χ0n) is 8.64. The number of Topliss-reactive ketones (excluding diaryl/α,β-unsaturated/α-hetero) is 1. The molecule has 76 valence electrons. The Morgan fingerprint density at radius 2 is 2.07 bits per heavy atom. The number of ketones is 1. The average molecular weight is 201 g/mol. The molecule has 0 radical (unpaired) electrons. The van der Waals surface area contributed by atoms with Crippen LogP contribution in [0.15, 0.2) is 30.5 Å². The van der Waals surface area contributed by atoms with Crippen LogP contribution in [0.4, 0.5) is 0 Å². The summed E-state index contributed by atoms with van der Waals surface area (Å²) in [5.41, 5.74) is 2.45. The van der Waals surface area contributed by atoms with E-state index in [1.807, 2.05) is 31.2 Å². The van der Waals surface area contributed by atoms with E-state index in [1.165, 1.54) is 13.1 Å². The van der Waals surface area contributed by atoms with E-state index in [9.17, 15) is 4.79 Å². The minimum Gasteiger partial charge on any atom is -0.293 e. The minimum absolute atomic E-state index is 0.0387. The predicted octanol–water partition coefficient (Wildman–Crippen LogP) is 1.78. The molecule has 0 unspecified atom stereocenters. The third kappa shape index (κ3) is 1.66. The van der Waals surface area contributed by atoms with E-state index in [0.717, 1.165) is 11.3 Å². The van der Waals surface area contributed by atoms with Gasteiger partial charge in [0, 0.05) is 6.92 Å². The number of carbonyl (C=O) groups is 1. The quantitative estimate of drug-likeness (QED) is 0.696. The van der Waals surface area contributed by atoms with Gasteiger partial charge < -0.3 is 0 Å². The lowest BCUT2D eigenvalue weighted by atomic mass is 10.2. The summed E-state index contributed by atoms with van der Waals surface area (Å²) in [4.78, 5) is 11.3. The molecule has 15 heavy (non-hydrogen) atoms. The van der Waals surface area contributed by atoms with Gasteiger partial charge in [-0.25, -0.2) is 4.68 Å². The summed E-state index contributed by atoms with van der Waals surface area (Å²) in [6, 6.07) is 7.74. The molecule has 2 rings (SSSR count). The predicted molar refractivity (Wildman–Crippen MR) is 56.1 cm³/mol. The Morgan fingerprint density at radius 1 is 1.33 bits per heavy atom. The van der Waals surface area contributed by atoms with E-state index in [4.69, 9.17) is 0 Å². The van der Waals surface area contributed by atoms with Crippen molar-refractivity contribution < 1.29 is 4.79 Å². The first kappa shape index (κ1) is 9.58. The molecule has 1 aromatic heterocycles. The van der Waals surface area contributed by atoms with Crippen molar-refractivity contribution in [2.45, 2.75) is 13.8 Å². The highest BCUT2D eigenvalue weighted by Gasteiger charge is 2.11. The minimum atomic E-state index is -0.0387. The number of hydrogen-bond acceptors (Lipinski definition) is 3. The first-order valence-corrected chi connectivity index (χ1v) is 4.68. The van der Waals surface area contributed by atoms with Crippen LogP contribution in [0.1, 0.15) is 23.0 Å². The maximum atomic E-state index is 11.3. The second kappa shape index (κ2) is 3.65. The lowest BCUT2D eigenvalue weighted by molar-refractivity contribution is 0.101. The molecule has 0 aliphatic carbocycles. The van der Waals surface area contributed by atoms with Crippen molar-refractivity contribution in [3.63, 3.8) is 0 Å². The van der Waals surface area contributed by atoms with Crippen molar-refractivity contribution in [1.82, 2.24) is 15.0 Å². The zero-order chi connectivity index (χ0) is 10.8. The van der Waals surface area contributed by atoms with Gasteiger partial charge in [0.25, 0.3) is 0 Å². The highest BCUT2D eigenvalue weighted by atomic mass is 16.1. The van der Waals surface area contributed by atoms with Crippen molar-refractivity contribution in [2.24, 2.45) is 0 Å². The highest BCUT2D eigenvalue weighted by Crippen LogP contribution is 2.14. The Morgan fingerprint density at radius 3 is 2.73 bits per heavy atom. The Labute approximate surface area is 87.5 Å². The van der Waals surface area contributed by atoms with Crippen molar-refractivity contribution in [3.8, 4) is 5.69 Å². The lowest BCUT2D eigenvalue weighted by Gasteiger charge is -2.06. The third-order valence-electron chi connectivity index (χ3n) is 2.25. The van der Waals surface area contributed by atoms with E-state index < -0.39 is 0 Å². The summed E-state index contributed by atoms with van der Waals surface area (Å²) < 4.78 is 1.57. The fourth-order valence-corrected chi connectivity index (χ4v) is 1.45. The van der Waals surface area contributed by atoms with Gasteiger partial charge >= 0.3 is 0 Å². The molecule has 4 heteroatoms. The van der Waals surface area contributed by atoms with Crippen LogP contribution in [0, 0.1) is 6.92 Å². The molecule has 1 aromatic carbocycles. The SMILES string of the molecule is CC(=O)c1cnnn1-c1ccccc1C. The van der Waals surface area contributed by atoms with E-state index in [0.29, 0.717) is 5.69 Å². The topological polar surface area (TPSA) is 47.8 Å². The fourth-order valence-electron chi connectivity index (χ4n) is 1.45. The number of aromatic nitrogens is 3. The molecule has 0 fully saturated rings. The molecule has 0 saturated carbocycles. The number of para-hydroxylation sites is 1. The number of benzene rings is 1. The summed E-state index contributed by atoms with van der Waals surface area (Å²) in [6.07, 6.45) is 1.48. The normalized spacial score (nSPS) is 10.3. The summed E-state index contributed by atoms with van der Waals surface area (Å²) in [5, 5.41) is 7.67. The van der Waals surface area contributed by atoms with Gasteiger partial charge in [0.15, 0.2) is 5.78 Å². The molecule has 0 bridgehead atoms. The first-order valence-electron chi connectivity index (χ1n) is 4.68. The average Bonchev–Trinajstić information content (AvgIpc) is 2.67. The molecule has 2 aromatic rings. The van der Waals surface area contributed by atoms with Crippen molar-refractivity contribution in [2.75, 3.05) is 0 Å². The molecule has 0 amide bonds. The van der Waals surface area contributed by atoms with Gasteiger partial charge in [0.05, 0.1) is 11.9 Å². The monoisotopic (exact) mass is 201 g/mol. The standard InChI is InChI=1S/C11H11N3O/c1-8-5-3-4-6-10(8)14-11(9(2)15)7-12-13-14/h3-7H,1-2H3. The maximum absolute atomic E-state index is 11.3. The first-order chi connectivity index (χ1) is 7.20. The van der Waals surface area contributed by atoms with Gasteiger partial charge in [-0.1, -0.05) is 23.4 Å². The van der Waals surface area contributed by atoms with Crippen molar-refractivity contribution >= 4 is 5.78 Å². The van der Waals surface area contributed by atoms with E-state index >= 15 is 0 Å². The largest absolute Gasteiger partial charge is 0.293 e. The summed E-state index contributed by atoms with van der Waals surface area (Å²) in [7, 11) is 0. The molecule has 0 saturated heterocycles. The van der Waals surface area contributed by atoms with Crippen LogP contribution in [0.3, 0.4) is 0 Å². The van der Waals surface area contributed by atoms with Crippen molar-refractivity contribution in [1.29, 1.82) is 0 Å². The van der Waals surface area contributed by atoms with Gasteiger partial charge in [-0.2, -0.15) is 0 Å². The van der Waals surface area contributed by atoms with E-state index in [-0.39, 0.29) is 5.78 Å². The van der Waals surface area contributed by atoms with Crippen LogP contribution >= 0.6 is 0 Å². The van der Waals surface area contributed by atoms with Gasteiger partial charge in [0.1, 0.15) is 5.69 Å². The number of aryl methyl sites for hydroxylation is 1. The fraction of sp³-hybridized carbons (Fsp3) is 0.182. The van der Waals surface area contributed by atoms with Crippen molar-refractivity contribution in [3.05, 3.63) is 41.7 Å². The number of rotatable bonds is 2. The third-order valence-corrected chi connectivity index (χ3v) is 2.25. The van der Waals surface area contributed by atoms with E-state index in [1.54, 1.807) is 4.68 Å². The number of carbonyl (C=O) groups excluding carboxylic acids is 1. The maximum Gasteiger partial charge on any atom is 0.179 e. The number of nitrogens with zero attached hydrogens (tertiary/aromatic N) is 3. The van der Waals surface area contributed by atoms with Crippen LogP contribution in [0.25, 0.3) is 5.69 Å². The highest BCUT2D eigenvalue weighted by molar-refractivity contribution is 5.92. The Kier molecular flexibility index (Phi) is 2.33. The van der Waals surface area contributed by atoms with Crippen LogP contribution in [0.5, 0.6) is 0 Å². The molecular formula is C11H11N3O. The second-order valence-corrected chi connectivity index (χ2v) is 3.37. The molecule has 0 aliphatic rings. The molecular weight excluding hydrogens is 190 g/mol. The second-order valence-electron chi connectivity index (χ2n) is 3.37. The molecule has 4 nitrogen and oxygen atoms in total. The Hall–Kier alpha value is -1.97. The Bertz CT molecular complexity index is 502. The molecule has 0 aliphatic heterocycles. The van der Waals surface area contributed by atoms with Gasteiger partial charge in [0.2, 0.25) is 0 Å². The molecule has 1 heterocycles. The molecule has 0 atom stereocenters. The van der Waals surface area contributed by atoms with Crippen LogP contribution in [0.2, 0.25) is 0 Å². The summed E-state index contributed by atoms with van der Waals surface area (Å²) in [6.45, 7) is 3.48. The Balaban J connectivity index is 2.59. The lowest BCUT2D eigenvalue weighted by Crippen LogP contribution is -2.07.